The Bertz CT molecular complexity index is 1050. The van der Waals surface area contributed by atoms with Crippen LogP contribution in [0.2, 0.25) is 0 Å². The van der Waals surface area contributed by atoms with Gasteiger partial charge in [-0.25, -0.2) is 4.98 Å². The minimum absolute atomic E-state index is 0.130. The quantitative estimate of drug-likeness (QED) is 0.713. The summed E-state index contributed by atoms with van der Waals surface area (Å²) in [7, 11) is 2.11. The molecule has 0 aliphatic carbocycles. The van der Waals surface area contributed by atoms with Crippen molar-refractivity contribution in [1.29, 1.82) is 0 Å². The summed E-state index contributed by atoms with van der Waals surface area (Å²) in [6, 6.07) is 12.7. The molecule has 3 aromatic rings. The summed E-state index contributed by atoms with van der Waals surface area (Å²) >= 11 is 0. The molecule has 0 unspecified atom stereocenters. The minimum atomic E-state index is -0.130. The van der Waals surface area contributed by atoms with Crippen molar-refractivity contribution in [3.05, 3.63) is 59.3 Å². The largest absolute Gasteiger partial charge is 0.383 e. The fraction of sp³-hybridized carbons (Fsp3) is 0.333. The molecule has 0 atom stereocenters. The number of hydrogen-bond donors (Lipinski definition) is 2. The highest BCUT2D eigenvalue weighted by Gasteiger charge is 2.22. The predicted molar refractivity (Wildman–Crippen MR) is 119 cm³/mol. The zero-order chi connectivity index (χ0) is 20.5. The lowest BCUT2D eigenvalue weighted by Crippen LogP contribution is -2.43. The fourth-order valence-corrected chi connectivity index (χ4v) is 4.31. The second-order valence-corrected chi connectivity index (χ2v) is 8.14. The lowest BCUT2D eigenvalue weighted by Gasteiger charge is -2.29. The van der Waals surface area contributed by atoms with Gasteiger partial charge < -0.3 is 16.0 Å². The zero-order valence-corrected chi connectivity index (χ0v) is 17.3. The molecule has 0 spiro atoms. The van der Waals surface area contributed by atoms with Crippen molar-refractivity contribution in [1.82, 2.24) is 15.2 Å². The molecule has 0 saturated carbocycles. The van der Waals surface area contributed by atoms with Crippen molar-refractivity contribution in [2.75, 3.05) is 25.9 Å². The third-order valence-corrected chi connectivity index (χ3v) is 5.97. The van der Waals surface area contributed by atoms with E-state index in [1.165, 1.54) is 16.7 Å². The van der Waals surface area contributed by atoms with E-state index >= 15 is 0 Å². The number of hydrogen-bond acceptors (Lipinski definition) is 4. The van der Waals surface area contributed by atoms with E-state index in [0.29, 0.717) is 5.56 Å². The number of rotatable bonds is 3. The Morgan fingerprint density at radius 1 is 1.14 bits per heavy atom. The van der Waals surface area contributed by atoms with Crippen LogP contribution in [-0.2, 0) is 0 Å². The summed E-state index contributed by atoms with van der Waals surface area (Å²) in [5.41, 5.74) is 11.4. The predicted octanol–water partition coefficient (Wildman–Crippen LogP) is 3.92. The van der Waals surface area contributed by atoms with E-state index in [1.54, 1.807) is 6.20 Å². The van der Waals surface area contributed by atoms with Crippen molar-refractivity contribution in [3.8, 4) is 11.1 Å². The van der Waals surface area contributed by atoms with Crippen LogP contribution in [0.15, 0.2) is 42.6 Å². The van der Waals surface area contributed by atoms with Crippen molar-refractivity contribution >= 4 is 22.5 Å². The summed E-state index contributed by atoms with van der Waals surface area (Å²) in [5, 5.41) is 4.94. The van der Waals surface area contributed by atoms with Gasteiger partial charge in [-0.15, -0.1) is 0 Å². The summed E-state index contributed by atoms with van der Waals surface area (Å²) < 4.78 is 0. The van der Waals surface area contributed by atoms with Crippen LogP contribution in [0.25, 0.3) is 21.9 Å². The van der Waals surface area contributed by atoms with E-state index in [2.05, 4.69) is 66.4 Å². The number of fused-ring (bicyclic) bond motifs is 1. The standard InChI is InChI=1S/C24H28N4O/c1-15-5-4-6-16(2)21(15)17-7-8-20-18(13-17)14-26-23(25)22(20)24(29)27-19-9-11-28(3)12-10-19/h4-8,13-14,19H,9-12H2,1-3H3,(H2,25,26)(H,27,29). The number of aromatic nitrogens is 1. The molecule has 0 bridgehead atoms. The number of carbonyl (C=O) groups is 1. The van der Waals surface area contributed by atoms with Crippen molar-refractivity contribution in [2.45, 2.75) is 32.7 Å². The number of nitrogen functional groups attached to an aromatic ring is 1. The lowest BCUT2D eigenvalue weighted by atomic mass is 9.93. The van der Waals surface area contributed by atoms with Crippen LogP contribution in [0.5, 0.6) is 0 Å². The molecule has 1 saturated heterocycles. The molecule has 0 radical (unpaired) electrons. The first-order chi connectivity index (χ1) is 13.9. The van der Waals surface area contributed by atoms with E-state index < -0.39 is 0 Å². The van der Waals surface area contributed by atoms with Gasteiger partial charge in [0.15, 0.2) is 0 Å². The molecule has 4 rings (SSSR count). The van der Waals surface area contributed by atoms with Crippen molar-refractivity contribution in [3.63, 3.8) is 0 Å². The van der Waals surface area contributed by atoms with E-state index in [1.807, 2.05) is 6.07 Å². The maximum atomic E-state index is 13.0. The van der Waals surface area contributed by atoms with E-state index in [9.17, 15) is 4.79 Å². The topological polar surface area (TPSA) is 71.2 Å². The Morgan fingerprint density at radius 3 is 2.52 bits per heavy atom. The number of pyridine rings is 1. The van der Waals surface area contributed by atoms with Gasteiger partial charge in [0.05, 0.1) is 5.56 Å². The van der Waals surface area contributed by atoms with Crippen molar-refractivity contribution < 1.29 is 4.79 Å². The Balaban J connectivity index is 1.70. The normalized spacial score (nSPS) is 15.6. The number of likely N-dealkylation sites (tertiary alicyclic amines) is 1. The summed E-state index contributed by atoms with van der Waals surface area (Å²) in [6.07, 6.45) is 3.67. The molecular weight excluding hydrogens is 360 g/mol. The maximum absolute atomic E-state index is 13.0. The highest BCUT2D eigenvalue weighted by atomic mass is 16.1. The molecule has 2 aromatic carbocycles. The Hall–Kier alpha value is -2.92. The number of piperidine rings is 1. The first-order valence-corrected chi connectivity index (χ1v) is 10.2. The van der Waals surface area contributed by atoms with Crippen LogP contribution in [0, 0.1) is 13.8 Å². The van der Waals surface area contributed by atoms with Gasteiger partial charge in [-0.2, -0.15) is 0 Å². The monoisotopic (exact) mass is 388 g/mol. The number of amides is 1. The smallest absolute Gasteiger partial charge is 0.255 e. The molecule has 3 N–H and O–H groups in total. The molecule has 1 aromatic heterocycles. The number of nitrogens with one attached hydrogen (secondary N) is 1. The van der Waals surface area contributed by atoms with Gasteiger partial charge in [0.2, 0.25) is 0 Å². The van der Waals surface area contributed by atoms with Gasteiger partial charge in [0, 0.05) is 17.6 Å². The first kappa shape index (κ1) is 19.4. The van der Waals surface area contributed by atoms with Crippen LogP contribution in [0.4, 0.5) is 5.82 Å². The van der Waals surface area contributed by atoms with E-state index in [0.717, 1.165) is 42.3 Å². The zero-order valence-electron chi connectivity index (χ0n) is 17.3. The molecule has 150 valence electrons. The first-order valence-electron chi connectivity index (χ1n) is 10.2. The summed E-state index contributed by atoms with van der Waals surface area (Å²) in [4.78, 5) is 19.7. The Labute approximate surface area is 171 Å². The third kappa shape index (κ3) is 3.83. The lowest BCUT2D eigenvalue weighted by molar-refractivity contribution is 0.0919. The van der Waals surface area contributed by atoms with Crippen LogP contribution in [0.3, 0.4) is 0 Å². The Morgan fingerprint density at radius 2 is 1.83 bits per heavy atom. The van der Waals surface area contributed by atoms with Crippen LogP contribution in [-0.4, -0.2) is 42.0 Å². The molecule has 5 nitrogen and oxygen atoms in total. The van der Waals surface area contributed by atoms with Crippen molar-refractivity contribution in [2.24, 2.45) is 0 Å². The van der Waals surface area contributed by atoms with E-state index in [-0.39, 0.29) is 17.8 Å². The highest BCUT2D eigenvalue weighted by Crippen LogP contribution is 2.31. The number of anilines is 1. The molecule has 5 heteroatoms. The number of benzene rings is 2. The number of carbonyl (C=O) groups excluding carboxylic acids is 1. The van der Waals surface area contributed by atoms with Crippen LogP contribution in [0.1, 0.15) is 34.3 Å². The molecule has 1 aliphatic rings. The van der Waals surface area contributed by atoms with Gasteiger partial charge in [-0.1, -0.05) is 30.3 Å². The SMILES string of the molecule is Cc1cccc(C)c1-c1ccc2c(C(=O)NC3CCN(C)CC3)c(N)ncc2c1. The second kappa shape index (κ2) is 7.84. The number of nitrogens with two attached hydrogens (primary N) is 1. The molecule has 1 amide bonds. The average Bonchev–Trinajstić information content (AvgIpc) is 2.69. The maximum Gasteiger partial charge on any atom is 0.255 e. The molecule has 1 fully saturated rings. The van der Waals surface area contributed by atoms with Gasteiger partial charge in [0.25, 0.3) is 5.91 Å². The van der Waals surface area contributed by atoms with Gasteiger partial charge in [-0.3, -0.25) is 4.79 Å². The van der Waals surface area contributed by atoms with E-state index in [4.69, 9.17) is 5.73 Å². The fourth-order valence-electron chi connectivity index (χ4n) is 4.31. The van der Waals surface area contributed by atoms with Crippen LogP contribution >= 0.6 is 0 Å². The second-order valence-electron chi connectivity index (χ2n) is 8.14. The van der Waals surface area contributed by atoms with Crippen LogP contribution < -0.4 is 11.1 Å². The number of nitrogens with zero attached hydrogens (tertiary/aromatic N) is 2. The average molecular weight is 389 g/mol. The molecule has 29 heavy (non-hydrogen) atoms. The molecular formula is C24H28N4O. The summed E-state index contributed by atoms with van der Waals surface area (Å²) in [6.45, 7) is 6.23. The van der Waals surface area contributed by atoms with Gasteiger partial charge in [0.1, 0.15) is 5.82 Å². The Kier molecular flexibility index (Phi) is 5.24. The highest BCUT2D eigenvalue weighted by molar-refractivity contribution is 6.11. The third-order valence-electron chi connectivity index (χ3n) is 5.97. The number of aryl methyl sites for hydroxylation is 2. The minimum Gasteiger partial charge on any atom is -0.383 e. The van der Waals surface area contributed by atoms with Gasteiger partial charge in [-0.05, 0) is 80.5 Å². The molecule has 1 aliphatic heterocycles. The summed E-state index contributed by atoms with van der Waals surface area (Å²) in [5.74, 6) is 0.151. The van der Waals surface area contributed by atoms with Gasteiger partial charge >= 0.3 is 0 Å². The molecule has 2 heterocycles.